The van der Waals surface area contributed by atoms with Gasteiger partial charge >= 0.3 is 5.97 Å². The summed E-state index contributed by atoms with van der Waals surface area (Å²) < 4.78 is 17.5. The van der Waals surface area contributed by atoms with Crippen molar-refractivity contribution in [2.24, 2.45) is 0 Å². The smallest absolute Gasteiger partial charge is 0.306 e. The van der Waals surface area contributed by atoms with Gasteiger partial charge in [-0.3, -0.25) is 9.59 Å². The summed E-state index contributed by atoms with van der Waals surface area (Å²) in [5, 5.41) is 56.9. The van der Waals surface area contributed by atoms with Gasteiger partial charge in [0.1, 0.15) is 24.4 Å². The van der Waals surface area contributed by atoms with Crippen LogP contribution < -0.4 is 5.32 Å². The van der Waals surface area contributed by atoms with Gasteiger partial charge in [-0.05, 0) is 89.9 Å². The van der Waals surface area contributed by atoms with Crippen molar-refractivity contribution in [3.8, 4) is 0 Å². The number of carbonyl (C=O) groups excluding carboxylic acids is 2. The standard InChI is InChI=1S/C68H113NO10/c1-4-7-10-13-16-19-22-24-26-27-28-29-30-31-32-33-34-36-37-40-43-46-49-52-55-61(72)67(76)69-59(60(71)54-51-48-45-42-39-21-18-15-12-9-6-3)58-77-68-66(65(75)64(74)62(57-70)78-68)79-63(73)56-53-50-47-44-41-38-35-25-23-20-17-14-11-8-5-2/h8,11,14,16-17,19-20,23-26,28-29,31-32,35,38,41,51,54,59-62,64-66,68,70-72,74-75H,4-7,9-10,12-13,15,18,21-22,27,30,33-34,36-37,39-40,42-50,52-53,55-58H2,1-3H3,(H,69,76)/b11-8+,17-14+,19-16-,23-20-,26-24-,29-28-,32-31-,35-25-,41-38+,54-51+. The molecule has 1 saturated heterocycles. The van der Waals surface area contributed by atoms with Crippen molar-refractivity contribution >= 4 is 11.9 Å². The first-order chi connectivity index (χ1) is 38.7. The topological polar surface area (TPSA) is 175 Å². The molecule has 1 rings (SSSR count). The molecule has 0 spiro atoms. The average molecular weight is 1100 g/mol. The minimum Gasteiger partial charge on any atom is -0.454 e. The molecule has 1 heterocycles. The van der Waals surface area contributed by atoms with Gasteiger partial charge in [0.2, 0.25) is 5.91 Å². The molecule has 6 N–H and O–H groups in total. The average Bonchev–Trinajstić information content (AvgIpc) is 3.47. The number of rotatable bonds is 51. The van der Waals surface area contributed by atoms with E-state index >= 15 is 0 Å². The van der Waals surface area contributed by atoms with Crippen LogP contribution in [-0.4, -0.2) is 99.6 Å². The van der Waals surface area contributed by atoms with E-state index in [4.69, 9.17) is 14.2 Å². The molecule has 11 nitrogen and oxygen atoms in total. The summed E-state index contributed by atoms with van der Waals surface area (Å²) in [6, 6.07) is -1.04. The molecule has 1 aliphatic heterocycles. The molecule has 0 radical (unpaired) electrons. The molecule has 8 unspecified atom stereocenters. The summed E-state index contributed by atoms with van der Waals surface area (Å²) in [7, 11) is 0. The fourth-order valence-corrected chi connectivity index (χ4v) is 9.01. The van der Waals surface area contributed by atoms with Crippen LogP contribution in [0.1, 0.15) is 233 Å². The molecule has 0 bridgehead atoms. The van der Waals surface area contributed by atoms with Crippen LogP contribution in [0.2, 0.25) is 0 Å². The highest BCUT2D eigenvalue weighted by atomic mass is 16.7. The van der Waals surface area contributed by atoms with Gasteiger partial charge in [0.05, 0.1) is 25.4 Å². The number of aliphatic hydroxyl groups is 5. The fraction of sp³-hybridized carbons (Fsp3) is 0.676. The molecular formula is C68H113NO10. The summed E-state index contributed by atoms with van der Waals surface area (Å²) in [6.45, 7) is 5.57. The summed E-state index contributed by atoms with van der Waals surface area (Å²) in [4.78, 5) is 26.5. The van der Waals surface area contributed by atoms with E-state index in [-0.39, 0.29) is 19.4 Å². The maximum absolute atomic E-state index is 13.4. The van der Waals surface area contributed by atoms with Crippen molar-refractivity contribution in [2.45, 2.75) is 282 Å². The van der Waals surface area contributed by atoms with E-state index < -0.39 is 67.4 Å². The first-order valence-corrected chi connectivity index (χ1v) is 31.4. The molecule has 0 aliphatic carbocycles. The fourth-order valence-electron chi connectivity index (χ4n) is 9.01. The summed E-state index contributed by atoms with van der Waals surface area (Å²) in [6.07, 6.45) is 65.2. The van der Waals surface area contributed by atoms with Crippen LogP contribution in [0.5, 0.6) is 0 Å². The minimum absolute atomic E-state index is 0.0672. The number of hydrogen-bond donors (Lipinski definition) is 6. The molecule has 8 atom stereocenters. The van der Waals surface area contributed by atoms with Crippen molar-refractivity contribution in [1.82, 2.24) is 5.32 Å². The Morgan fingerprint density at radius 3 is 1.51 bits per heavy atom. The maximum Gasteiger partial charge on any atom is 0.306 e. The molecule has 11 heteroatoms. The first kappa shape index (κ1) is 73.1. The summed E-state index contributed by atoms with van der Waals surface area (Å²) in [5.41, 5.74) is 0. The predicted molar refractivity (Wildman–Crippen MR) is 328 cm³/mol. The second-order valence-electron chi connectivity index (χ2n) is 21.2. The first-order valence-electron chi connectivity index (χ1n) is 31.4. The number of amides is 1. The quantitative estimate of drug-likeness (QED) is 0.0149. The van der Waals surface area contributed by atoms with Gasteiger partial charge < -0.3 is 45.1 Å². The van der Waals surface area contributed by atoms with Crippen molar-refractivity contribution in [2.75, 3.05) is 13.2 Å². The van der Waals surface area contributed by atoms with E-state index in [1.54, 1.807) is 6.08 Å². The monoisotopic (exact) mass is 1100 g/mol. The van der Waals surface area contributed by atoms with Crippen LogP contribution >= 0.6 is 0 Å². The van der Waals surface area contributed by atoms with Gasteiger partial charge in [-0.25, -0.2) is 0 Å². The Balaban J connectivity index is 2.66. The molecule has 0 aromatic carbocycles. The van der Waals surface area contributed by atoms with Crippen molar-refractivity contribution in [3.05, 3.63) is 122 Å². The number of allylic oxidation sites excluding steroid dienone is 19. The third-order valence-electron chi connectivity index (χ3n) is 14.0. The molecule has 450 valence electrons. The second-order valence-corrected chi connectivity index (χ2v) is 21.2. The van der Waals surface area contributed by atoms with Gasteiger partial charge in [0.25, 0.3) is 0 Å². The van der Waals surface area contributed by atoms with Crippen LogP contribution in [0.3, 0.4) is 0 Å². The molecule has 79 heavy (non-hydrogen) atoms. The summed E-state index contributed by atoms with van der Waals surface area (Å²) >= 11 is 0. The highest BCUT2D eigenvalue weighted by Gasteiger charge is 2.47. The molecule has 0 aromatic heterocycles. The number of esters is 1. The third-order valence-corrected chi connectivity index (χ3v) is 14.0. The Labute approximate surface area is 480 Å². The molecule has 0 aromatic rings. The Kier molecular flexibility index (Phi) is 50.5. The zero-order chi connectivity index (χ0) is 57.5. The zero-order valence-corrected chi connectivity index (χ0v) is 49.7. The van der Waals surface area contributed by atoms with Gasteiger partial charge in [0.15, 0.2) is 12.4 Å². The molecule has 1 fully saturated rings. The van der Waals surface area contributed by atoms with Crippen LogP contribution in [-0.2, 0) is 23.8 Å². The normalized spacial score (nSPS) is 19.7. The summed E-state index contributed by atoms with van der Waals surface area (Å²) in [5.74, 6) is -1.25. The molecule has 1 aliphatic rings. The lowest BCUT2D eigenvalue weighted by molar-refractivity contribution is -0.305. The number of unbranched alkanes of at least 4 members (excludes halogenated alkanes) is 23. The van der Waals surface area contributed by atoms with Crippen LogP contribution in [0.4, 0.5) is 0 Å². The van der Waals surface area contributed by atoms with Gasteiger partial charge in [-0.15, -0.1) is 0 Å². The van der Waals surface area contributed by atoms with Gasteiger partial charge in [-0.1, -0.05) is 258 Å². The largest absolute Gasteiger partial charge is 0.454 e. The minimum atomic E-state index is -1.64. The van der Waals surface area contributed by atoms with E-state index in [0.29, 0.717) is 12.8 Å². The van der Waals surface area contributed by atoms with Gasteiger partial charge in [0, 0.05) is 6.42 Å². The number of hydrogen-bond acceptors (Lipinski definition) is 10. The van der Waals surface area contributed by atoms with Crippen LogP contribution in [0, 0.1) is 0 Å². The molecule has 1 amide bonds. The maximum atomic E-state index is 13.4. The highest BCUT2D eigenvalue weighted by molar-refractivity contribution is 5.80. The van der Waals surface area contributed by atoms with Crippen molar-refractivity contribution in [3.63, 3.8) is 0 Å². The van der Waals surface area contributed by atoms with E-state index in [2.05, 4.69) is 86.8 Å². The Morgan fingerprint density at radius 2 is 0.962 bits per heavy atom. The highest BCUT2D eigenvalue weighted by Crippen LogP contribution is 2.26. The number of carbonyl (C=O) groups is 2. The number of ether oxygens (including phenoxy) is 3. The zero-order valence-electron chi connectivity index (χ0n) is 49.7. The Morgan fingerprint density at radius 1 is 0.519 bits per heavy atom. The lowest BCUT2D eigenvalue weighted by atomic mass is 9.99. The molecule has 0 saturated carbocycles. The predicted octanol–water partition coefficient (Wildman–Crippen LogP) is 15.1. The van der Waals surface area contributed by atoms with Gasteiger partial charge in [-0.2, -0.15) is 0 Å². The van der Waals surface area contributed by atoms with Crippen molar-refractivity contribution < 1.29 is 49.3 Å². The SMILES string of the molecule is CC/C=C/C=C/C=C\C=C/C=C/CCCCCC(=O)OC1C(OCC(NC(=O)C(O)CCCCCCCCCC/C=C\C/C=C\C/C=C\C/C=C\CCCCC)C(O)/C=C/CCCCCCCCCCC)OC(CO)C(O)C1O. The van der Waals surface area contributed by atoms with E-state index in [1.807, 2.05) is 54.7 Å². The molecular weight excluding hydrogens is 991 g/mol. The van der Waals surface area contributed by atoms with Crippen LogP contribution in [0.15, 0.2) is 122 Å². The Hall–Kier alpha value is -3.94. The van der Waals surface area contributed by atoms with Crippen LogP contribution in [0.25, 0.3) is 0 Å². The number of aliphatic hydroxyl groups excluding tert-OH is 5. The van der Waals surface area contributed by atoms with E-state index in [1.165, 1.54) is 83.5 Å². The third kappa shape index (κ3) is 42.6. The second kappa shape index (κ2) is 54.6. The Bertz CT molecular complexity index is 1740. The lowest BCUT2D eigenvalue weighted by Gasteiger charge is -2.41. The van der Waals surface area contributed by atoms with E-state index in [9.17, 15) is 35.1 Å². The lowest BCUT2D eigenvalue weighted by Crippen LogP contribution is -2.61. The number of nitrogens with one attached hydrogen (secondary N) is 1. The van der Waals surface area contributed by atoms with Crippen molar-refractivity contribution in [1.29, 1.82) is 0 Å². The van der Waals surface area contributed by atoms with E-state index in [0.717, 1.165) is 103 Å².